The molecule has 0 atom stereocenters. The maximum Gasteiger partial charge on any atom is 0.348 e. The number of aromatic nitrogens is 2. The number of aryl methyl sites for hydroxylation is 1. The Kier molecular flexibility index (Phi) is 4.00. The van der Waals surface area contributed by atoms with Crippen molar-refractivity contribution in [3.05, 3.63) is 81.0 Å². The fourth-order valence-electron chi connectivity index (χ4n) is 2.77. The monoisotopic (exact) mass is 368 g/mol. The van der Waals surface area contributed by atoms with Crippen LogP contribution < -0.4 is 5.56 Å². The fourth-order valence-corrected chi connectivity index (χ4v) is 3.74. The first-order valence-electron chi connectivity index (χ1n) is 7.86. The molecule has 4 aromatic rings. The molecule has 0 aliphatic rings. The summed E-state index contributed by atoms with van der Waals surface area (Å²) in [4.78, 5) is 29.1. The van der Waals surface area contributed by atoms with Gasteiger partial charge in [-0.15, -0.1) is 11.3 Å². The second-order valence-electron chi connectivity index (χ2n) is 5.78. The zero-order valence-electron chi connectivity index (χ0n) is 13.7. The molecule has 0 radical (unpaired) electrons. The van der Waals surface area contributed by atoms with Crippen molar-refractivity contribution < 1.29 is 13.9 Å². The Bertz CT molecular complexity index is 1210. The van der Waals surface area contributed by atoms with E-state index in [-0.39, 0.29) is 18.0 Å². The van der Waals surface area contributed by atoms with Crippen molar-refractivity contribution in [2.45, 2.75) is 13.5 Å². The first kappa shape index (κ1) is 16.4. The van der Waals surface area contributed by atoms with Gasteiger partial charge in [0.1, 0.15) is 22.9 Å². The molecule has 0 N–H and O–H groups in total. The fraction of sp³-hybridized carbons (Fsp3) is 0.105. The van der Waals surface area contributed by atoms with Crippen LogP contribution in [0.5, 0.6) is 0 Å². The van der Waals surface area contributed by atoms with E-state index in [9.17, 15) is 14.0 Å². The van der Waals surface area contributed by atoms with E-state index in [1.165, 1.54) is 22.6 Å². The number of nitrogens with zero attached hydrogens (tertiary/aromatic N) is 2. The van der Waals surface area contributed by atoms with E-state index in [0.29, 0.717) is 26.3 Å². The molecule has 0 aliphatic carbocycles. The minimum atomic E-state index is -0.572. The maximum atomic E-state index is 13.7. The molecule has 3 heterocycles. The van der Waals surface area contributed by atoms with E-state index in [1.54, 1.807) is 24.3 Å². The molecule has 0 bridgehead atoms. The second kappa shape index (κ2) is 6.34. The van der Waals surface area contributed by atoms with E-state index in [2.05, 4.69) is 4.98 Å². The van der Waals surface area contributed by atoms with Crippen molar-refractivity contribution in [1.29, 1.82) is 0 Å². The zero-order valence-corrected chi connectivity index (χ0v) is 14.5. The van der Waals surface area contributed by atoms with E-state index >= 15 is 0 Å². The summed E-state index contributed by atoms with van der Waals surface area (Å²) >= 11 is 1.16. The summed E-state index contributed by atoms with van der Waals surface area (Å²) in [6.45, 7) is 1.69. The number of benzene rings is 1. The number of halogens is 1. The van der Waals surface area contributed by atoms with Gasteiger partial charge in [-0.1, -0.05) is 12.1 Å². The third-order valence-corrected chi connectivity index (χ3v) is 5.07. The van der Waals surface area contributed by atoms with Crippen LogP contribution in [0.3, 0.4) is 0 Å². The molecule has 0 saturated carbocycles. The van der Waals surface area contributed by atoms with Crippen LogP contribution in [0.4, 0.5) is 4.39 Å². The number of ether oxygens (including phenoxy) is 1. The van der Waals surface area contributed by atoms with Gasteiger partial charge < -0.3 is 4.74 Å². The van der Waals surface area contributed by atoms with Crippen LogP contribution in [0.15, 0.2) is 53.3 Å². The molecule has 130 valence electrons. The third-order valence-electron chi connectivity index (χ3n) is 3.99. The summed E-state index contributed by atoms with van der Waals surface area (Å²) in [6, 6.07) is 12.8. The number of hydrogen-bond acceptors (Lipinski definition) is 5. The van der Waals surface area contributed by atoms with Crippen LogP contribution in [0.25, 0.3) is 15.7 Å². The molecular formula is C19H13FN2O3S. The Labute approximate surface area is 151 Å². The molecule has 0 spiro atoms. The van der Waals surface area contributed by atoms with Crippen LogP contribution >= 0.6 is 11.3 Å². The molecular weight excluding hydrogens is 355 g/mol. The van der Waals surface area contributed by atoms with E-state index in [0.717, 1.165) is 17.0 Å². The Hall–Kier alpha value is -3.06. The Balaban J connectivity index is 1.58. The smallest absolute Gasteiger partial charge is 0.348 e. The molecule has 26 heavy (non-hydrogen) atoms. The Morgan fingerprint density at radius 3 is 2.85 bits per heavy atom. The van der Waals surface area contributed by atoms with Gasteiger partial charge in [0.2, 0.25) is 0 Å². The van der Waals surface area contributed by atoms with Gasteiger partial charge in [0.05, 0.1) is 5.69 Å². The molecule has 0 aliphatic heterocycles. The minimum Gasteiger partial charge on any atom is -0.455 e. The molecule has 5 nitrogen and oxygen atoms in total. The highest BCUT2D eigenvalue weighted by atomic mass is 32.1. The highest BCUT2D eigenvalue weighted by Crippen LogP contribution is 2.28. The molecule has 0 fully saturated rings. The van der Waals surface area contributed by atoms with Crippen LogP contribution in [0.1, 0.15) is 21.1 Å². The van der Waals surface area contributed by atoms with Crippen LogP contribution in [-0.2, 0) is 11.3 Å². The molecule has 0 saturated heterocycles. The van der Waals surface area contributed by atoms with Crippen molar-refractivity contribution >= 4 is 33.0 Å². The van der Waals surface area contributed by atoms with Gasteiger partial charge in [-0.05, 0) is 37.3 Å². The highest BCUT2D eigenvalue weighted by molar-refractivity contribution is 7.20. The van der Waals surface area contributed by atoms with Gasteiger partial charge in [0.25, 0.3) is 5.56 Å². The normalized spacial score (nSPS) is 11.2. The van der Waals surface area contributed by atoms with Gasteiger partial charge in [0.15, 0.2) is 0 Å². The van der Waals surface area contributed by atoms with Crippen molar-refractivity contribution in [2.24, 2.45) is 0 Å². The number of thiophene rings is 1. The lowest BCUT2D eigenvalue weighted by Gasteiger charge is -2.07. The van der Waals surface area contributed by atoms with Gasteiger partial charge in [-0.2, -0.15) is 0 Å². The lowest BCUT2D eigenvalue weighted by atomic mass is 10.2. The predicted octanol–water partition coefficient (Wildman–Crippen LogP) is 3.71. The van der Waals surface area contributed by atoms with Crippen molar-refractivity contribution in [3.63, 3.8) is 0 Å². The quantitative estimate of drug-likeness (QED) is 0.517. The lowest BCUT2D eigenvalue weighted by molar-refractivity contribution is 0.0473. The third kappa shape index (κ3) is 2.86. The van der Waals surface area contributed by atoms with E-state index in [1.807, 2.05) is 13.0 Å². The summed E-state index contributed by atoms with van der Waals surface area (Å²) in [5.74, 6) is -0.950. The standard InChI is InChI=1S/C19H13FN2O3S/c1-11-4-2-7-17-21-12(8-18(23)22(11)17)10-25-19(24)16-9-13-14(20)5-3-6-15(13)26-16/h2-9H,10H2,1H3. The number of pyridine rings is 1. The van der Waals surface area contributed by atoms with Gasteiger partial charge >= 0.3 is 5.97 Å². The van der Waals surface area contributed by atoms with Crippen molar-refractivity contribution in [1.82, 2.24) is 9.38 Å². The SMILES string of the molecule is Cc1cccc2nc(COC(=O)c3cc4c(F)cccc4s3)cc(=O)n12. The van der Waals surface area contributed by atoms with Gasteiger partial charge in [-0.3, -0.25) is 9.20 Å². The molecule has 0 unspecified atom stereocenters. The number of fused-ring (bicyclic) bond motifs is 2. The van der Waals surface area contributed by atoms with Gasteiger partial charge in [0, 0.05) is 21.8 Å². The highest BCUT2D eigenvalue weighted by Gasteiger charge is 2.14. The van der Waals surface area contributed by atoms with Crippen molar-refractivity contribution in [2.75, 3.05) is 0 Å². The molecule has 1 aromatic carbocycles. The first-order chi connectivity index (χ1) is 12.5. The zero-order chi connectivity index (χ0) is 18.3. The van der Waals surface area contributed by atoms with Gasteiger partial charge in [-0.25, -0.2) is 14.2 Å². The summed E-state index contributed by atoms with van der Waals surface area (Å²) in [6.07, 6.45) is 0. The average Bonchev–Trinajstić information content (AvgIpc) is 3.05. The molecule has 4 rings (SSSR count). The number of esters is 1. The predicted molar refractivity (Wildman–Crippen MR) is 97.1 cm³/mol. The van der Waals surface area contributed by atoms with Crippen molar-refractivity contribution in [3.8, 4) is 0 Å². The summed E-state index contributed by atoms with van der Waals surface area (Å²) in [5, 5.41) is 0.391. The number of hydrogen-bond donors (Lipinski definition) is 0. The summed E-state index contributed by atoms with van der Waals surface area (Å²) in [5.41, 5.74) is 1.40. The average molecular weight is 368 g/mol. The Morgan fingerprint density at radius 2 is 2.04 bits per heavy atom. The van der Waals surface area contributed by atoms with E-state index < -0.39 is 5.97 Å². The number of carbonyl (C=O) groups is 1. The largest absolute Gasteiger partial charge is 0.455 e. The molecule has 7 heteroatoms. The molecule has 3 aromatic heterocycles. The topological polar surface area (TPSA) is 60.7 Å². The number of carbonyl (C=O) groups excluding carboxylic acids is 1. The Morgan fingerprint density at radius 1 is 1.23 bits per heavy atom. The van der Waals surface area contributed by atoms with Crippen LogP contribution in [0.2, 0.25) is 0 Å². The minimum absolute atomic E-state index is 0.130. The summed E-state index contributed by atoms with van der Waals surface area (Å²) < 4.78 is 21.2. The summed E-state index contributed by atoms with van der Waals surface area (Å²) in [7, 11) is 0. The van der Waals surface area contributed by atoms with E-state index in [4.69, 9.17) is 4.74 Å². The lowest BCUT2D eigenvalue weighted by Crippen LogP contribution is -2.18. The second-order valence-corrected chi connectivity index (χ2v) is 6.87. The van der Waals surface area contributed by atoms with Crippen LogP contribution in [0, 0.1) is 12.7 Å². The first-order valence-corrected chi connectivity index (χ1v) is 8.68. The number of rotatable bonds is 3. The maximum absolute atomic E-state index is 13.7. The molecule has 0 amide bonds. The van der Waals surface area contributed by atoms with Crippen LogP contribution in [-0.4, -0.2) is 15.4 Å².